The average molecular weight is 1720 g/mol. The van der Waals surface area contributed by atoms with Crippen molar-refractivity contribution < 1.29 is 59.1 Å². The molecule has 0 radical (unpaired) electrons. The largest absolute Gasteiger partial charge is 0.389 e. The Bertz CT molecular complexity index is 2220. The molecule has 0 aromatic carbocycles. The van der Waals surface area contributed by atoms with Gasteiger partial charge in [0, 0.05) is 202 Å². The molecule has 0 aliphatic rings. The first-order chi connectivity index (χ1) is 56.9. The van der Waals surface area contributed by atoms with E-state index in [0.29, 0.717) is 205 Å². The fourth-order valence-electron chi connectivity index (χ4n) is 14.5. The van der Waals surface area contributed by atoms with Gasteiger partial charge < -0.3 is 93.5 Å². The van der Waals surface area contributed by atoms with Gasteiger partial charge in [0.1, 0.15) is 0 Å². The summed E-state index contributed by atoms with van der Waals surface area (Å²) in [6.07, 6.45) is 2.79. The van der Waals surface area contributed by atoms with Gasteiger partial charge in [-0.3, -0.25) is 59.4 Å². The van der Waals surface area contributed by atoms with E-state index >= 15 is 0 Å². The molecule has 30 heteroatoms. The summed E-state index contributed by atoms with van der Waals surface area (Å²) in [7, 11) is 0. The predicted molar refractivity (Wildman–Crippen MR) is 504 cm³/mol. The lowest BCUT2D eigenvalue weighted by Gasteiger charge is -2.34. The highest BCUT2D eigenvalue weighted by Crippen LogP contribution is 2.27. The van der Waals surface area contributed by atoms with E-state index in [2.05, 4.69) is 146 Å². The third-order valence-corrected chi connectivity index (χ3v) is 20.3. The molecule has 0 spiro atoms. The molecule has 0 aromatic rings. The van der Waals surface area contributed by atoms with E-state index in [9.17, 15) is 30.6 Å². The molecule has 0 amide bonds. The van der Waals surface area contributed by atoms with Crippen LogP contribution in [0.5, 0.6) is 0 Å². The zero-order valence-electron chi connectivity index (χ0n) is 80.2. The first-order valence-electron chi connectivity index (χ1n) is 46.0. The van der Waals surface area contributed by atoms with Crippen molar-refractivity contribution >= 4 is 34.3 Å². The maximum atomic E-state index is 11.5. The number of aliphatic hydroxyl groups is 6. The van der Waals surface area contributed by atoms with Gasteiger partial charge in [0.25, 0.3) is 0 Å². The molecule has 18 N–H and O–H groups in total. The fourth-order valence-corrected chi connectivity index (χ4v) is 14.5. The Balaban J connectivity index is 0. The van der Waals surface area contributed by atoms with Crippen molar-refractivity contribution in [2.45, 2.75) is 226 Å². The molecule has 712 valence electrons. The monoisotopic (exact) mass is 1720 g/mol. The van der Waals surface area contributed by atoms with Gasteiger partial charge in [-0.1, -0.05) is 96.9 Å². The van der Waals surface area contributed by atoms with E-state index in [1.54, 1.807) is 0 Å². The first-order valence-corrected chi connectivity index (χ1v) is 46.0. The van der Waals surface area contributed by atoms with Gasteiger partial charge in [0.15, 0.2) is 0 Å². The van der Waals surface area contributed by atoms with Crippen LogP contribution < -0.4 is 34.4 Å². The number of aliphatic imine (C=N–C) groups is 6. The van der Waals surface area contributed by atoms with Crippen molar-refractivity contribution in [3.8, 4) is 0 Å². The van der Waals surface area contributed by atoms with Crippen LogP contribution in [-0.4, -0.2) is 407 Å². The quantitative estimate of drug-likeness (QED) is 0.0328. The van der Waals surface area contributed by atoms with Crippen LogP contribution in [-0.2, 0) is 28.4 Å². The lowest BCUT2D eigenvalue weighted by atomic mass is 9.88. The molecule has 6 unspecified atom stereocenters. The van der Waals surface area contributed by atoms with Gasteiger partial charge in [0.05, 0.1) is 155 Å². The Morgan fingerprint density at radius 3 is 0.500 bits per heavy atom. The second kappa shape index (κ2) is 75.1. The SMILES string of the molecule is CCC(COCC(O)CN(CCN)CCN)(COCC(O)CN(CCN)CCN)COCC(O)CN(CCN)CCN.CCC(COCC(O)CN(CCN=C(C)CC(C)C)CCN=C(C)CC(C)C)(COCC(O)CN(CCN=C(C)CC(C)C)CCN=C(C)CC(C)C)COCC(O)CN(CCN=C(C)CC(C)C)CCN=C(C)CC(C)C. The lowest BCUT2D eigenvalue weighted by molar-refractivity contribution is -0.104. The third kappa shape index (κ3) is 69.2. The summed E-state index contributed by atoms with van der Waals surface area (Å²) in [6.45, 7) is 63.2. The Labute approximate surface area is 732 Å². The highest BCUT2D eigenvalue weighted by Gasteiger charge is 2.34. The summed E-state index contributed by atoms with van der Waals surface area (Å²) in [4.78, 5) is 41.9. The van der Waals surface area contributed by atoms with Crippen LogP contribution in [0, 0.1) is 46.3 Å². The van der Waals surface area contributed by atoms with Crippen molar-refractivity contribution in [3.63, 3.8) is 0 Å². The predicted octanol–water partition coefficient (Wildman–Crippen LogP) is 5.64. The summed E-state index contributed by atoms with van der Waals surface area (Å²) in [5, 5.41) is 66.2. The van der Waals surface area contributed by atoms with Crippen LogP contribution in [0.3, 0.4) is 0 Å². The van der Waals surface area contributed by atoms with Gasteiger partial charge in [-0.05, 0) is 128 Å². The van der Waals surface area contributed by atoms with Crippen LogP contribution in [0.4, 0.5) is 0 Å². The van der Waals surface area contributed by atoms with Gasteiger partial charge in [0.2, 0.25) is 0 Å². The standard InChI is InChI=1S/C63H125N9O6.C27H65N9O6/c1-20-63(45-76-42-60(73)39-70(27-21-64-54(14)33-48(2)3)28-22-65-55(15)34-49(4)5,46-77-43-61(74)40-71(29-23-66-56(16)35-50(6)7)30-24-67-57(17)36-51(8)9)47-78-44-62(75)41-72(31-25-68-58(18)37-52(10)11)32-26-69-59(19)38-53(12)13;1-2-27(21-40-18-24(37)15-34(9-3-28)10-4-29,22-41-19-25(38)16-35(11-5-30)12-6-31)23-42-20-26(39)17-36(13-7-32)14-8-33/h48-53,60-62,73-75H,20-47H2,1-19H3;24-26,37-39H,2-23,28-33H2,1H3. The zero-order chi connectivity index (χ0) is 90.7. The highest BCUT2D eigenvalue weighted by atomic mass is 16.5. The summed E-state index contributed by atoms with van der Waals surface area (Å²) in [5.41, 5.74) is 39.8. The van der Waals surface area contributed by atoms with Gasteiger partial charge in [-0.15, -0.1) is 0 Å². The Hall–Kier alpha value is -2.94. The van der Waals surface area contributed by atoms with Gasteiger partial charge in [-0.2, -0.15) is 0 Å². The smallest absolute Gasteiger partial charge is 0.0900 e. The van der Waals surface area contributed by atoms with Crippen LogP contribution in [0.15, 0.2) is 30.0 Å². The first kappa shape index (κ1) is 119. The molecule has 120 heavy (non-hydrogen) atoms. The number of hydrogen-bond donors (Lipinski definition) is 12. The van der Waals surface area contributed by atoms with E-state index < -0.39 is 47.5 Å². The number of ether oxygens (including phenoxy) is 6. The second-order valence-electron chi connectivity index (χ2n) is 36.5. The molecule has 0 aliphatic carbocycles. The third-order valence-electron chi connectivity index (χ3n) is 20.3. The Morgan fingerprint density at radius 2 is 0.383 bits per heavy atom. The van der Waals surface area contributed by atoms with Crippen molar-refractivity contribution in [1.82, 2.24) is 29.4 Å². The van der Waals surface area contributed by atoms with Crippen LogP contribution in [0.2, 0.25) is 0 Å². The van der Waals surface area contributed by atoms with Crippen LogP contribution >= 0.6 is 0 Å². The molecule has 0 fully saturated rings. The molecule has 0 saturated heterocycles. The van der Waals surface area contributed by atoms with E-state index in [1.165, 1.54) is 0 Å². The van der Waals surface area contributed by atoms with Crippen molar-refractivity contribution in [3.05, 3.63) is 0 Å². The Kier molecular flexibility index (Phi) is 74.5. The van der Waals surface area contributed by atoms with Gasteiger partial charge >= 0.3 is 0 Å². The van der Waals surface area contributed by atoms with Crippen molar-refractivity contribution in [2.75, 3.05) is 276 Å². The summed E-state index contributed by atoms with van der Waals surface area (Å²) in [6, 6.07) is 0. The Morgan fingerprint density at radius 1 is 0.250 bits per heavy atom. The summed E-state index contributed by atoms with van der Waals surface area (Å²) in [5.74, 6) is 3.31. The minimum atomic E-state index is -0.738. The molecule has 0 bridgehead atoms. The molecular formula is C90H190N18O12. The zero-order valence-corrected chi connectivity index (χ0v) is 80.2. The minimum absolute atomic E-state index is 0.124. The van der Waals surface area contributed by atoms with E-state index in [-0.39, 0.29) is 79.3 Å². The molecular weight excluding hydrogens is 1530 g/mol. The number of aliphatic hydroxyl groups excluding tert-OH is 6. The summed E-state index contributed by atoms with van der Waals surface area (Å²) < 4.78 is 37.3. The average Bonchev–Trinajstić information content (AvgIpc) is 0.872. The molecule has 6 atom stereocenters. The second-order valence-corrected chi connectivity index (χ2v) is 36.5. The van der Waals surface area contributed by atoms with Crippen LogP contribution in [0.1, 0.15) is 190 Å². The maximum absolute atomic E-state index is 11.5. The number of nitrogens with two attached hydrogens (primary N) is 6. The molecule has 0 aromatic heterocycles. The lowest BCUT2D eigenvalue weighted by Crippen LogP contribution is -2.44. The van der Waals surface area contributed by atoms with Gasteiger partial charge in [-0.25, -0.2) is 0 Å². The highest BCUT2D eigenvalue weighted by molar-refractivity contribution is 5.84. The molecule has 0 aliphatic heterocycles. The number of nitrogens with zero attached hydrogens (tertiary/aromatic N) is 12. The summed E-state index contributed by atoms with van der Waals surface area (Å²) >= 11 is 0. The van der Waals surface area contributed by atoms with E-state index in [1.807, 2.05) is 21.6 Å². The van der Waals surface area contributed by atoms with Crippen molar-refractivity contribution in [1.29, 1.82) is 0 Å². The molecule has 0 rings (SSSR count). The molecule has 0 saturated carbocycles. The minimum Gasteiger partial charge on any atom is -0.389 e. The topological polar surface area (TPSA) is 426 Å². The van der Waals surface area contributed by atoms with Crippen molar-refractivity contribution in [2.24, 2.45) is 111 Å². The maximum Gasteiger partial charge on any atom is 0.0900 e. The number of rotatable bonds is 80. The number of hydrogen-bond acceptors (Lipinski definition) is 30. The molecule has 30 nitrogen and oxygen atoms in total. The molecule has 0 heterocycles. The van der Waals surface area contributed by atoms with E-state index in [0.717, 1.165) is 112 Å². The van der Waals surface area contributed by atoms with E-state index in [4.69, 9.17) is 92.8 Å². The van der Waals surface area contributed by atoms with Crippen LogP contribution in [0.25, 0.3) is 0 Å². The normalized spacial score (nSPS) is 16.0. The fraction of sp³-hybridized carbons (Fsp3) is 0.933.